The van der Waals surface area contributed by atoms with Gasteiger partial charge in [0.05, 0.1) is 18.8 Å². The molecule has 1 aliphatic heterocycles. The highest BCUT2D eigenvalue weighted by atomic mass is 28.4. The summed E-state index contributed by atoms with van der Waals surface area (Å²) in [6.07, 6.45) is 11.0. The van der Waals surface area contributed by atoms with Crippen LogP contribution in [0.2, 0.25) is 78.6 Å². The Balaban J connectivity index is 1.38. The number of ether oxygens (including phenoxy) is 2. The van der Waals surface area contributed by atoms with Crippen LogP contribution in [0.3, 0.4) is 0 Å². The van der Waals surface area contributed by atoms with Crippen molar-refractivity contribution in [1.29, 1.82) is 0 Å². The van der Waals surface area contributed by atoms with Gasteiger partial charge in [0.25, 0.3) is 0 Å². The zero-order valence-electron chi connectivity index (χ0n) is 36.6. The van der Waals surface area contributed by atoms with E-state index in [1.165, 1.54) is 44.9 Å². The van der Waals surface area contributed by atoms with E-state index >= 15 is 0 Å². The van der Waals surface area contributed by atoms with Gasteiger partial charge >= 0.3 is 0 Å². The third kappa shape index (κ3) is 10.5. The van der Waals surface area contributed by atoms with Gasteiger partial charge in [-0.05, 0) is 171 Å². The van der Waals surface area contributed by atoms with Gasteiger partial charge in [0.15, 0.2) is 39.6 Å². The maximum Gasteiger partial charge on any atom is 0.217 e. The van der Waals surface area contributed by atoms with E-state index in [0.29, 0.717) is 30.0 Å². The van der Waals surface area contributed by atoms with Crippen molar-refractivity contribution in [2.24, 2.45) is 34.5 Å². The van der Waals surface area contributed by atoms with Crippen molar-refractivity contribution in [3.05, 3.63) is 11.6 Å². The molecule has 4 aliphatic carbocycles. The monoisotopic (exact) mass is 809 g/mol. The molecule has 0 bridgehead atoms. The summed E-state index contributed by atoms with van der Waals surface area (Å²) in [7, 11) is -7.57. The molecular weight excluding hydrogens is 731 g/mol. The first-order valence-electron chi connectivity index (χ1n) is 21.1. The predicted molar refractivity (Wildman–Crippen MR) is 226 cm³/mol. The highest BCUT2D eigenvalue weighted by Crippen LogP contribution is 2.67. The molecule has 1 N–H and O–H groups in total. The third-order valence-corrected chi connectivity index (χ3v) is 17.3. The van der Waals surface area contributed by atoms with Gasteiger partial charge in [-0.2, -0.15) is 0 Å². The van der Waals surface area contributed by atoms with Crippen molar-refractivity contribution in [1.82, 2.24) is 5.32 Å². The molecule has 1 heterocycles. The van der Waals surface area contributed by atoms with E-state index in [2.05, 4.69) is 111 Å². The van der Waals surface area contributed by atoms with E-state index in [1.807, 2.05) is 0 Å². The summed E-state index contributed by atoms with van der Waals surface area (Å²) in [6.45, 7) is 36.3. The van der Waals surface area contributed by atoms with Gasteiger partial charge in [-0.25, -0.2) is 0 Å². The minimum absolute atomic E-state index is 0.0391. The summed E-state index contributed by atoms with van der Waals surface area (Å²) >= 11 is 0. The fourth-order valence-corrected chi connectivity index (χ4v) is 15.4. The Hall–Kier alpha value is -0.162. The van der Waals surface area contributed by atoms with Gasteiger partial charge in [0.1, 0.15) is 18.2 Å². The van der Waals surface area contributed by atoms with Crippen molar-refractivity contribution >= 4 is 39.2 Å². The van der Waals surface area contributed by atoms with Crippen molar-refractivity contribution in [2.45, 2.75) is 200 Å². The standard InChI is InChI=1S/C41H79NO7Si4/c1-27(32-19-20-33-31-18-17-29-25-30(47-51(8,9)10)21-23-40(29,3)34(31)22-24-41(32,33)4)45-39-36(42-28(2)43)38(49-53(14,15)16)37(48-52(11,12)13)35(46-39)26-44-50(5,6)7/h17,27,30-39H,18-26H2,1-16H3,(H,42,43)/t27-,30-,31?,32+,33?,34?,35-,36-,37-,38-,39-,40-,41+/m0/s1. The van der Waals surface area contributed by atoms with Crippen molar-refractivity contribution in [3.63, 3.8) is 0 Å². The molecule has 8 nitrogen and oxygen atoms in total. The second kappa shape index (κ2) is 15.9. The Morgan fingerprint density at radius 3 is 2.04 bits per heavy atom. The zero-order valence-corrected chi connectivity index (χ0v) is 40.6. The molecule has 0 aromatic carbocycles. The van der Waals surface area contributed by atoms with E-state index in [0.717, 1.165) is 18.3 Å². The molecule has 0 aromatic heterocycles. The van der Waals surface area contributed by atoms with Crippen LogP contribution < -0.4 is 5.32 Å². The van der Waals surface area contributed by atoms with Crippen LogP contribution in [0.5, 0.6) is 0 Å². The lowest BCUT2D eigenvalue weighted by molar-refractivity contribution is -0.282. The van der Waals surface area contributed by atoms with Gasteiger partial charge in [0.2, 0.25) is 5.91 Å². The first kappa shape index (κ1) is 44.0. The van der Waals surface area contributed by atoms with Gasteiger partial charge in [-0.3, -0.25) is 4.79 Å². The number of carbonyl (C=O) groups excluding carboxylic acids is 1. The predicted octanol–water partition coefficient (Wildman–Crippen LogP) is 9.71. The molecule has 13 atom stereocenters. The van der Waals surface area contributed by atoms with Crippen molar-refractivity contribution < 1.29 is 32.0 Å². The topological polar surface area (TPSA) is 84.5 Å². The van der Waals surface area contributed by atoms with Crippen LogP contribution in [-0.4, -0.2) is 88.6 Å². The van der Waals surface area contributed by atoms with Crippen LogP contribution in [0.25, 0.3) is 0 Å². The van der Waals surface area contributed by atoms with Crippen LogP contribution in [0.15, 0.2) is 11.6 Å². The number of hydrogen-bond donors (Lipinski definition) is 1. The summed E-state index contributed by atoms with van der Waals surface area (Å²) in [6, 6.07) is -0.492. The number of amides is 1. The van der Waals surface area contributed by atoms with Crippen molar-refractivity contribution in [2.75, 3.05) is 6.61 Å². The lowest BCUT2D eigenvalue weighted by Gasteiger charge is -2.58. The summed E-state index contributed by atoms with van der Waals surface area (Å²) < 4.78 is 41.2. The number of carbonyl (C=O) groups is 1. The number of fused-ring (bicyclic) bond motifs is 5. The molecule has 5 aliphatic rings. The van der Waals surface area contributed by atoms with E-state index < -0.39 is 51.7 Å². The highest BCUT2D eigenvalue weighted by Gasteiger charge is 2.60. The second-order valence-corrected chi connectivity index (χ2v) is 39.9. The summed E-state index contributed by atoms with van der Waals surface area (Å²) in [5.74, 6) is 2.47. The minimum atomic E-state index is -2.09. The van der Waals surface area contributed by atoms with Crippen LogP contribution in [-0.2, 0) is 32.0 Å². The van der Waals surface area contributed by atoms with Gasteiger partial charge in [-0.15, -0.1) is 0 Å². The second-order valence-electron chi connectivity index (χ2n) is 22.0. The van der Waals surface area contributed by atoms with Gasteiger partial charge < -0.3 is 32.5 Å². The number of allylic oxidation sites excluding steroid dienone is 1. The molecule has 1 amide bonds. The van der Waals surface area contributed by atoms with E-state index in [1.54, 1.807) is 12.5 Å². The van der Waals surface area contributed by atoms with Crippen LogP contribution in [0, 0.1) is 34.5 Å². The van der Waals surface area contributed by atoms with E-state index in [4.69, 9.17) is 27.2 Å². The van der Waals surface area contributed by atoms with Gasteiger partial charge in [-0.1, -0.05) is 25.5 Å². The molecule has 306 valence electrons. The Kier molecular flexibility index (Phi) is 13.2. The fourth-order valence-electron chi connectivity index (χ4n) is 11.3. The first-order chi connectivity index (χ1) is 24.2. The van der Waals surface area contributed by atoms with Crippen molar-refractivity contribution in [3.8, 4) is 0 Å². The Bertz CT molecular complexity index is 1320. The largest absolute Gasteiger partial charge is 0.415 e. The third-order valence-electron chi connectivity index (χ3n) is 13.2. The quantitative estimate of drug-likeness (QED) is 0.147. The normalized spacial score (nSPS) is 40.1. The summed E-state index contributed by atoms with van der Waals surface area (Å²) in [5, 5.41) is 3.26. The van der Waals surface area contributed by atoms with E-state index in [-0.39, 0.29) is 29.6 Å². The number of rotatable bonds is 13. The highest BCUT2D eigenvalue weighted by molar-refractivity contribution is 6.71. The molecule has 3 saturated carbocycles. The first-order valence-corrected chi connectivity index (χ1v) is 34.8. The van der Waals surface area contributed by atoms with Crippen LogP contribution in [0.4, 0.5) is 0 Å². The lowest BCUT2D eigenvalue weighted by atomic mass is 9.47. The Labute approximate surface area is 328 Å². The van der Waals surface area contributed by atoms with E-state index in [9.17, 15) is 4.79 Å². The average molecular weight is 810 g/mol. The molecule has 0 radical (unpaired) electrons. The molecule has 0 aromatic rings. The average Bonchev–Trinajstić information content (AvgIpc) is 3.34. The lowest BCUT2D eigenvalue weighted by Crippen LogP contribution is -2.69. The SMILES string of the molecule is CC(=O)N[C@@H]1[C@@H](O[C@@H](C)[C@H]2CCC3C4CC=C5C[C@@H](O[Si](C)(C)C)CC[C@]5(C)C4CC[C@@]32C)O[C@@H](CO[Si](C)(C)C)[C@H](O[Si](C)(C)C)[C@H]1O[Si](C)(C)C. The maximum atomic E-state index is 12.9. The Morgan fingerprint density at radius 2 is 1.45 bits per heavy atom. The molecule has 5 rings (SSSR count). The minimum Gasteiger partial charge on any atom is -0.415 e. The smallest absolute Gasteiger partial charge is 0.217 e. The summed E-state index contributed by atoms with van der Waals surface area (Å²) in [5.41, 5.74) is 2.20. The molecular formula is C41H79NO7Si4. The maximum absolute atomic E-state index is 12.9. The zero-order chi connectivity index (χ0) is 39.5. The van der Waals surface area contributed by atoms with Gasteiger partial charge in [0, 0.05) is 13.0 Å². The molecule has 53 heavy (non-hydrogen) atoms. The fraction of sp³-hybridized carbons (Fsp3) is 0.927. The molecule has 1 saturated heterocycles. The van der Waals surface area contributed by atoms with Crippen LogP contribution in [0.1, 0.15) is 79.1 Å². The number of hydrogen-bond acceptors (Lipinski definition) is 7. The number of nitrogens with one attached hydrogen (secondary N) is 1. The molecule has 12 heteroatoms. The van der Waals surface area contributed by atoms with Crippen LogP contribution >= 0.6 is 0 Å². The Morgan fingerprint density at radius 1 is 0.830 bits per heavy atom. The molecule has 4 fully saturated rings. The molecule has 0 spiro atoms. The molecule has 3 unspecified atom stereocenters. The summed E-state index contributed by atoms with van der Waals surface area (Å²) in [4.78, 5) is 12.9.